The summed E-state index contributed by atoms with van der Waals surface area (Å²) >= 11 is 0. The molecule has 0 aromatic heterocycles. The number of nitrogens with one attached hydrogen (secondary N) is 1. The van der Waals surface area contributed by atoms with Crippen molar-refractivity contribution in [3.63, 3.8) is 0 Å². The summed E-state index contributed by atoms with van der Waals surface area (Å²) in [4.78, 5) is 11.8. The molecule has 0 spiro atoms. The fourth-order valence-electron chi connectivity index (χ4n) is 1.81. The maximum Gasteiger partial charge on any atom is 0.251 e. The van der Waals surface area contributed by atoms with Crippen molar-refractivity contribution in [1.29, 1.82) is 0 Å². The Morgan fingerprint density at radius 2 is 1.95 bits per heavy atom. The summed E-state index contributed by atoms with van der Waals surface area (Å²) in [6.07, 6.45) is 0.669. The molecule has 2 aromatic rings. The first-order valence-electron chi connectivity index (χ1n) is 6.07. The third-order valence-corrected chi connectivity index (χ3v) is 2.76. The number of aromatic hydroxyl groups is 1. The maximum absolute atomic E-state index is 11.8. The second-order valence-electron chi connectivity index (χ2n) is 4.30. The molecule has 0 radical (unpaired) electrons. The van der Waals surface area contributed by atoms with E-state index >= 15 is 0 Å². The molecule has 0 heterocycles. The number of phenols is 1. The van der Waals surface area contributed by atoms with Gasteiger partial charge in [0.2, 0.25) is 0 Å². The zero-order chi connectivity index (χ0) is 13.7. The molecule has 0 fully saturated rings. The van der Waals surface area contributed by atoms with Crippen LogP contribution in [0.5, 0.6) is 5.75 Å². The molecule has 4 nitrogen and oxygen atoms in total. The Bertz CT molecular complexity index is 582. The largest absolute Gasteiger partial charge is 0.508 e. The highest BCUT2D eigenvalue weighted by Crippen LogP contribution is 2.11. The van der Waals surface area contributed by atoms with Gasteiger partial charge in [0.1, 0.15) is 5.75 Å². The zero-order valence-corrected chi connectivity index (χ0v) is 10.5. The molecule has 4 heteroatoms. The van der Waals surface area contributed by atoms with Gasteiger partial charge in [0, 0.05) is 17.8 Å². The predicted molar refractivity (Wildman–Crippen MR) is 75.0 cm³/mol. The lowest BCUT2D eigenvalue weighted by Crippen LogP contribution is -2.25. The van der Waals surface area contributed by atoms with Crippen LogP contribution >= 0.6 is 0 Å². The smallest absolute Gasteiger partial charge is 0.251 e. The van der Waals surface area contributed by atoms with Gasteiger partial charge in [-0.25, -0.2) is 0 Å². The number of nitrogen functional groups attached to an aromatic ring is 1. The number of carbonyl (C=O) groups excluding carboxylic acids is 1. The number of nitrogens with two attached hydrogens (primary N) is 1. The number of amides is 1. The van der Waals surface area contributed by atoms with Gasteiger partial charge in [0.25, 0.3) is 5.91 Å². The van der Waals surface area contributed by atoms with Crippen LogP contribution in [0.1, 0.15) is 15.9 Å². The van der Waals surface area contributed by atoms with Crippen molar-refractivity contribution in [2.24, 2.45) is 0 Å². The minimum atomic E-state index is -0.146. The monoisotopic (exact) mass is 256 g/mol. The molecular formula is C15H16N2O2. The van der Waals surface area contributed by atoms with Crippen LogP contribution in [0.15, 0.2) is 48.5 Å². The van der Waals surface area contributed by atoms with Crippen LogP contribution in [-0.4, -0.2) is 17.6 Å². The van der Waals surface area contributed by atoms with Gasteiger partial charge in [0.05, 0.1) is 0 Å². The summed E-state index contributed by atoms with van der Waals surface area (Å²) in [5.41, 5.74) is 7.73. The fourth-order valence-corrected chi connectivity index (χ4v) is 1.81. The number of carbonyl (C=O) groups is 1. The average molecular weight is 256 g/mol. The lowest BCUT2D eigenvalue weighted by molar-refractivity contribution is 0.0954. The van der Waals surface area contributed by atoms with Crippen molar-refractivity contribution in [1.82, 2.24) is 5.32 Å². The molecule has 0 aliphatic rings. The molecule has 0 unspecified atom stereocenters. The molecule has 0 bridgehead atoms. The number of benzene rings is 2. The van der Waals surface area contributed by atoms with Crippen molar-refractivity contribution in [3.05, 3.63) is 59.7 Å². The summed E-state index contributed by atoms with van der Waals surface area (Å²) in [5, 5.41) is 12.1. The van der Waals surface area contributed by atoms with Gasteiger partial charge in [-0.2, -0.15) is 0 Å². The van der Waals surface area contributed by atoms with Gasteiger partial charge < -0.3 is 16.2 Å². The molecule has 4 N–H and O–H groups in total. The lowest BCUT2D eigenvalue weighted by atomic mass is 10.1. The van der Waals surface area contributed by atoms with E-state index in [2.05, 4.69) is 5.32 Å². The minimum absolute atomic E-state index is 0.146. The van der Waals surface area contributed by atoms with E-state index < -0.39 is 0 Å². The van der Waals surface area contributed by atoms with E-state index in [9.17, 15) is 9.90 Å². The number of rotatable bonds is 4. The molecule has 0 atom stereocenters. The van der Waals surface area contributed by atoms with Gasteiger partial charge in [-0.15, -0.1) is 0 Å². The van der Waals surface area contributed by atoms with Crippen LogP contribution < -0.4 is 11.1 Å². The highest BCUT2D eigenvalue weighted by atomic mass is 16.3. The second-order valence-corrected chi connectivity index (χ2v) is 4.30. The standard InChI is InChI=1S/C15H16N2O2/c16-13-5-2-4-12(10-13)15(19)17-8-7-11-3-1-6-14(18)9-11/h1-6,9-10,18H,7-8,16H2,(H,17,19). The molecule has 0 saturated carbocycles. The van der Waals surface area contributed by atoms with Crippen LogP contribution in [0.3, 0.4) is 0 Å². The molecular weight excluding hydrogens is 240 g/mol. The zero-order valence-electron chi connectivity index (χ0n) is 10.5. The normalized spacial score (nSPS) is 10.1. The summed E-state index contributed by atoms with van der Waals surface area (Å²) in [6, 6.07) is 13.9. The summed E-state index contributed by atoms with van der Waals surface area (Å²) in [6.45, 7) is 0.511. The van der Waals surface area contributed by atoms with Crippen LogP contribution in [0.2, 0.25) is 0 Å². The molecule has 0 saturated heterocycles. The third-order valence-electron chi connectivity index (χ3n) is 2.76. The van der Waals surface area contributed by atoms with Gasteiger partial charge in [-0.1, -0.05) is 18.2 Å². The SMILES string of the molecule is Nc1cccc(C(=O)NCCc2cccc(O)c2)c1. The molecule has 0 aliphatic carbocycles. The number of hydrogen-bond donors (Lipinski definition) is 3. The Balaban J connectivity index is 1.87. The van der Waals surface area contributed by atoms with Crippen LogP contribution in [0.4, 0.5) is 5.69 Å². The number of phenolic OH excluding ortho intramolecular Hbond substituents is 1. The molecule has 0 aliphatic heterocycles. The first kappa shape index (κ1) is 13.0. The van der Waals surface area contributed by atoms with E-state index in [4.69, 9.17) is 5.73 Å². The van der Waals surface area contributed by atoms with E-state index in [0.29, 0.717) is 24.2 Å². The molecule has 2 aromatic carbocycles. The van der Waals surface area contributed by atoms with E-state index in [0.717, 1.165) is 5.56 Å². The van der Waals surface area contributed by atoms with Crippen molar-refractivity contribution in [2.45, 2.75) is 6.42 Å². The first-order chi connectivity index (χ1) is 9.15. The van der Waals surface area contributed by atoms with E-state index in [1.807, 2.05) is 6.07 Å². The average Bonchev–Trinajstić information content (AvgIpc) is 2.38. The van der Waals surface area contributed by atoms with Crippen LogP contribution in [0, 0.1) is 0 Å². The predicted octanol–water partition coefficient (Wildman–Crippen LogP) is 1.95. The Morgan fingerprint density at radius 1 is 1.16 bits per heavy atom. The van der Waals surface area contributed by atoms with Crippen LogP contribution in [0.25, 0.3) is 0 Å². The summed E-state index contributed by atoms with van der Waals surface area (Å²) in [7, 11) is 0. The Morgan fingerprint density at radius 3 is 2.68 bits per heavy atom. The highest BCUT2D eigenvalue weighted by Gasteiger charge is 2.04. The van der Waals surface area contributed by atoms with Crippen molar-refractivity contribution < 1.29 is 9.90 Å². The Hall–Kier alpha value is -2.49. The summed E-state index contributed by atoms with van der Waals surface area (Å²) < 4.78 is 0. The molecule has 2 rings (SSSR count). The number of anilines is 1. The van der Waals surface area contributed by atoms with Crippen molar-refractivity contribution in [3.8, 4) is 5.75 Å². The topological polar surface area (TPSA) is 75.4 Å². The summed E-state index contributed by atoms with van der Waals surface area (Å²) in [5.74, 6) is 0.0899. The number of hydrogen-bond acceptors (Lipinski definition) is 3. The van der Waals surface area contributed by atoms with Crippen molar-refractivity contribution in [2.75, 3.05) is 12.3 Å². The first-order valence-corrected chi connectivity index (χ1v) is 6.07. The van der Waals surface area contributed by atoms with E-state index in [1.54, 1.807) is 42.5 Å². The molecule has 1 amide bonds. The Kier molecular flexibility index (Phi) is 4.03. The quantitative estimate of drug-likeness (QED) is 0.732. The second kappa shape index (κ2) is 5.91. The fraction of sp³-hybridized carbons (Fsp3) is 0.133. The molecule has 19 heavy (non-hydrogen) atoms. The third kappa shape index (κ3) is 3.74. The Labute approximate surface area is 111 Å². The van der Waals surface area contributed by atoms with E-state index in [1.165, 1.54) is 0 Å². The van der Waals surface area contributed by atoms with Gasteiger partial charge in [-0.05, 0) is 42.3 Å². The maximum atomic E-state index is 11.8. The van der Waals surface area contributed by atoms with Gasteiger partial charge in [-0.3, -0.25) is 4.79 Å². The minimum Gasteiger partial charge on any atom is -0.508 e. The lowest BCUT2D eigenvalue weighted by Gasteiger charge is -2.06. The highest BCUT2D eigenvalue weighted by molar-refractivity contribution is 5.94. The van der Waals surface area contributed by atoms with E-state index in [-0.39, 0.29) is 11.7 Å². The van der Waals surface area contributed by atoms with Gasteiger partial charge in [0.15, 0.2) is 0 Å². The van der Waals surface area contributed by atoms with Crippen molar-refractivity contribution >= 4 is 11.6 Å². The molecule has 98 valence electrons. The van der Waals surface area contributed by atoms with Gasteiger partial charge >= 0.3 is 0 Å². The van der Waals surface area contributed by atoms with Crippen LogP contribution in [-0.2, 0) is 6.42 Å².